The molecule has 3 rings (SSSR count). The molecule has 0 aromatic heterocycles. The van der Waals surface area contributed by atoms with Crippen LogP contribution in [-0.4, -0.2) is 19.2 Å². The van der Waals surface area contributed by atoms with Crippen molar-refractivity contribution in [2.45, 2.75) is 44.9 Å². The summed E-state index contributed by atoms with van der Waals surface area (Å²) in [6, 6.07) is 5.96. The molecule has 0 atom stereocenters. The Hall–Kier alpha value is -1.71. The Morgan fingerprint density at radius 3 is 2.81 bits per heavy atom. The average Bonchev–Trinajstić information content (AvgIpc) is 2.96. The van der Waals surface area contributed by atoms with Crippen LogP contribution in [-0.2, 0) is 11.2 Å². The van der Waals surface area contributed by atoms with Crippen LogP contribution in [0.1, 0.15) is 44.1 Å². The number of fused-ring (bicyclic) bond motifs is 1. The lowest BCUT2D eigenvalue weighted by molar-refractivity contribution is -0.122. The number of hydrogen-bond donors (Lipinski definition) is 1. The molecule has 1 heterocycles. The molecule has 1 aromatic rings. The molecule has 2 aliphatic rings. The minimum absolute atomic E-state index is 0.197. The van der Waals surface area contributed by atoms with Crippen molar-refractivity contribution in [1.29, 1.82) is 0 Å². The molecule has 114 valence electrons. The molecule has 4 heteroatoms. The van der Waals surface area contributed by atoms with E-state index in [4.69, 9.17) is 9.47 Å². The summed E-state index contributed by atoms with van der Waals surface area (Å²) in [5.41, 5.74) is 1.16. The van der Waals surface area contributed by atoms with E-state index >= 15 is 0 Å². The summed E-state index contributed by atoms with van der Waals surface area (Å²) in [7, 11) is 0. The molecule has 21 heavy (non-hydrogen) atoms. The van der Waals surface area contributed by atoms with Gasteiger partial charge in [0.1, 0.15) is 0 Å². The number of hydrogen-bond acceptors (Lipinski definition) is 3. The van der Waals surface area contributed by atoms with Crippen molar-refractivity contribution >= 4 is 5.91 Å². The van der Waals surface area contributed by atoms with Crippen LogP contribution >= 0.6 is 0 Å². The van der Waals surface area contributed by atoms with Crippen LogP contribution in [0.25, 0.3) is 0 Å². The van der Waals surface area contributed by atoms with E-state index < -0.39 is 0 Å². The normalized spacial score (nSPS) is 17.7. The fraction of sp³-hybridized carbons (Fsp3) is 0.588. The lowest BCUT2D eigenvalue weighted by Crippen LogP contribution is -2.28. The van der Waals surface area contributed by atoms with Crippen molar-refractivity contribution in [1.82, 2.24) is 5.32 Å². The van der Waals surface area contributed by atoms with E-state index in [0.717, 1.165) is 23.5 Å². The fourth-order valence-corrected chi connectivity index (χ4v) is 3.17. The van der Waals surface area contributed by atoms with Crippen molar-refractivity contribution < 1.29 is 14.3 Å². The maximum absolute atomic E-state index is 11.9. The van der Waals surface area contributed by atoms with E-state index in [2.05, 4.69) is 5.32 Å². The number of carbonyl (C=O) groups is 1. The highest BCUT2D eigenvalue weighted by Crippen LogP contribution is 2.32. The standard InChI is InChI=1S/C17H23NO3/c19-17(11-13-4-2-1-3-5-13)18-9-8-14-6-7-15-16(10-14)21-12-20-15/h6-7,10,13H,1-5,8-9,11-12H2,(H,18,19). The molecule has 0 radical (unpaired) electrons. The average molecular weight is 289 g/mol. The van der Waals surface area contributed by atoms with Crippen LogP contribution in [0.5, 0.6) is 11.5 Å². The third kappa shape index (κ3) is 3.90. The highest BCUT2D eigenvalue weighted by atomic mass is 16.7. The molecule has 4 nitrogen and oxygen atoms in total. The number of nitrogens with one attached hydrogen (secondary N) is 1. The van der Waals surface area contributed by atoms with Crippen LogP contribution in [0.3, 0.4) is 0 Å². The molecule has 0 unspecified atom stereocenters. The van der Waals surface area contributed by atoms with Crippen molar-refractivity contribution in [3.05, 3.63) is 23.8 Å². The van der Waals surface area contributed by atoms with Gasteiger partial charge in [-0.1, -0.05) is 25.3 Å². The third-order valence-electron chi connectivity index (χ3n) is 4.37. The largest absolute Gasteiger partial charge is 0.454 e. The fourth-order valence-electron chi connectivity index (χ4n) is 3.17. The zero-order valence-corrected chi connectivity index (χ0v) is 12.4. The van der Waals surface area contributed by atoms with Crippen LogP contribution < -0.4 is 14.8 Å². The topological polar surface area (TPSA) is 47.6 Å². The Labute approximate surface area is 125 Å². The number of benzene rings is 1. The Balaban J connectivity index is 1.40. The van der Waals surface area contributed by atoms with Gasteiger partial charge in [-0.2, -0.15) is 0 Å². The number of amides is 1. The second-order valence-corrected chi connectivity index (χ2v) is 6.00. The van der Waals surface area contributed by atoms with E-state index in [9.17, 15) is 4.79 Å². The molecule has 1 saturated carbocycles. The second kappa shape index (κ2) is 6.83. The van der Waals surface area contributed by atoms with Crippen LogP contribution in [0.15, 0.2) is 18.2 Å². The van der Waals surface area contributed by atoms with Gasteiger partial charge in [0.2, 0.25) is 12.7 Å². The second-order valence-electron chi connectivity index (χ2n) is 6.00. The summed E-state index contributed by atoms with van der Waals surface area (Å²) < 4.78 is 10.6. The van der Waals surface area contributed by atoms with Gasteiger partial charge in [-0.15, -0.1) is 0 Å². The molecule has 1 aliphatic carbocycles. The first kappa shape index (κ1) is 14.2. The Kier molecular flexibility index (Phi) is 4.63. The molecule has 1 amide bonds. The minimum atomic E-state index is 0.197. The SMILES string of the molecule is O=C(CC1CCCCC1)NCCc1ccc2c(c1)OCO2. The van der Waals surface area contributed by atoms with Gasteiger partial charge in [0.25, 0.3) is 0 Å². The van der Waals surface area contributed by atoms with Crippen molar-refractivity contribution in [2.24, 2.45) is 5.92 Å². The maximum atomic E-state index is 11.9. The minimum Gasteiger partial charge on any atom is -0.454 e. The molecular formula is C17H23NO3. The Bertz CT molecular complexity index is 495. The molecule has 1 aromatic carbocycles. The first-order chi connectivity index (χ1) is 10.3. The smallest absolute Gasteiger partial charge is 0.231 e. The van der Waals surface area contributed by atoms with Gasteiger partial charge < -0.3 is 14.8 Å². The lowest BCUT2D eigenvalue weighted by Gasteiger charge is -2.20. The summed E-state index contributed by atoms with van der Waals surface area (Å²) in [5.74, 6) is 2.41. The number of ether oxygens (including phenoxy) is 2. The summed E-state index contributed by atoms with van der Waals surface area (Å²) in [4.78, 5) is 11.9. The molecule has 1 aliphatic heterocycles. The lowest BCUT2D eigenvalue weighted by atomic mass is 9.87. The van der Waals surface area contributed by atoms with Crippen molar-refractivity contribution in [2.75, 3.05) is 13.3 Å². The third-order valence-corrected chi connectivity index (χ3v) is 4.37. The predicted molar refractivity (Wildman–Crippen MR) is 80.5 cm³/mol. The highest BCUT2D eigenvalue weighted by molar-refractivity contribution is 5.76. The molecular weight excluding hydrogens is 266 g/mol. The van der Waals surface area contributed by atoms with E-state index in [1.54, 1.807) is 0 Å². The van der Waals surface area contributed by atoms with E-state index in [1.165, 1.54) is 32.1 Å². The van der Waals surface area contributed by atoms with Crippen molar-refractivity contribution in [3.8, 4) is 11.5 Å². The molecule has 1 fully saturated rings. The Morgan fingerprint density at radius 1 is 1.14 bits per heavy atom. The van der Waals surface area contributed by atoms with Gasteiger partial charge in [-0.05, 0) is 42.9 Å². The zero-order valence-electron chi connectivity index (χ0n) is 12.4. The number of rotatable bonds is 5. The van der Waals surface area contributed by atoms with Gasteiger partial charge in [0, 0.05) is 13.0 Å². The monoisotopic (exact) mass is 289 g/mol. The van der Waals surface area contributed by atoms with Gasteiger partial charge in [0.15, 0.2) is 11.5 Å². The van der Waals surface area contributed by atoms with Gasteiger partial charge in [0.05, 0.1) is 0 Å². The van der Waals surface area contributed by atoms with Crippen LogP contribution in [0.4, 0.5) is 0 Å². The van der Waals surface area contributed by atoms with Crippen LogP contribution in [0.2, 0.25) is 0 Å². The van der Waals surface area contributed by atoms with Gasteiger partial charge in [-0.3, -0.25) is 4.79 Å². The quantitative estimate of drug-likeness (QED) is 0.906. The van der Waals surface area contributed by atoms with E-state index in [1.807, 2.05) is 18.2 Å². The predicted octanol–water partition coefficient (Wildman–Crippen LogP) is 3.04. The summed E-state index contributed by atoms with van der Waals surface area (Å²) >= 11 is 0. The first-order valence-electron chi connectivity index (χ1n) is 7.96. The van der Waals surface area contributed by atoms with E-state index in [0.29, 0.717) is 25.7 Å². The Morgan fingerprint density at radius 2 is 1.95 bits per heavy atom. The summed E-state index contributed by atoms with van der Waals surface area (Å²) in [6.07, 6.45) is 7.87. The molecule has 0 spiro atoms. The number of carbonyl (C=O) groups excluding carboxylic acids is 1. The van der Waals surface area contributed by atoms with Crippen molar-refractivity contribution in [3.63, 3.8) is 0 Å². The molecule has 1 N–H and O–H groups in total. The molecule has 0 saturated heterocycles. The van der Waals surface area contributed by atoms with Crippen LogP contribution in [0, 0.1) is 5.92 Å². The molecule has 0 bridgehead atoms. The summed E-state index contributed by atoms with van der Waals surface area (Å²) in [5, 5.41) is 3.04. The van der Waals surface area contributed by atoms with E-state index in [-0.39, 0.29) is 5.91 Å². The first-order valence-corrected chi connectivity index (χ1v) is 7.96. The zero-order chi connectivity index (χ0) is 14.5. The van der Waals surface area contributed by atoms with Gasteiger partial charge >= 0.3 is 0 Å². The highest BCUT2D eigenvalue weighted by Gasteiger charge is 2.17. The van der Waals surface area contributed by atoms with Gasteiger partial charge in [-0.25, -0.2) is 0 Å². The maximum Gasteiger partial charge on any atom is 0.231 e. The summed E-state index contributed by atoms with van der Waals surface area (Å²) in [6.45, 7) is 0.988.